The van der Waals surface area contributed by atoms with Crippen LogP contribution in [0.4, 0.5) is 0 Å². The number of nitrogens with one attached hydrogen (secondary N) is 1. The van der Waals surface area contributed by atoms with E-state index in [-0.39, 0.29) is 12.3 Å². The molecule has 2 N–H and O–H groups in total. The lowest BCUT2D eigenvalue weighted by Gasteiger charge is -2.16. The molecule has 0 radical (unpaired) electrons. The van der Waals surface area contributed by atoms with E-state index in [0.717, 1.165) is 11.3 Å². The smallest absolute Gasteiger partial charge is 0.305 e. The molecule has 0 aromatic heterocycles. The van der Waals surface area contributed by atoms with Gasteiger partial charge in [0.1, 0.15) is 5.75 Å². The molecule has 5 heteroatoms. The molecule has 0 heterocycles. The first-order valence-electron chi connectivity index (χ1n) is 5.63. The van der Waals surface area contributed by atoms with Gasteiger partial charge in [-0.2, -0.15) is 0 Å². The van der Waals surface area contributed by atoms with Crippen molar-refractivity contribution in [1.82, 2.24) is 5.32 Å². The normalized spacial score (nSPS) is 11.7. The van der Waals surface area contributed by atoms with Crippen molar-refractivity contribution in [2.24, 2.45) is 0 Å². The van der Waals surface area contributed by atoms with Crippen molar-refractivity contribution in [1.29, 1.82) is 0 Å². The summed E-state index contributed by atoms with van der Waals surface area (Å²) in [5.41, 5.74) is 0.954. The van der Waals surface area contributed by atoms with Crippen molar-refractivity contribution in [2.75, 3.05) is 7.11 Å². The summed E-state index contributed by atoms with van der Waals surface area (Å²) < 4.78 is 5.04. The molecule has 0 unspecified atom stereocenters. The number of aliphatic carboxylic acids is 1. The lowest BCUT2D eigenvalue weighted by molar-refractivity contribution is -0.137. The molecule has 0 fully saturated rings. The second-order valence-corrected chi connectivity index (χ2v) is 4.05. The molecule has 0 saturated heterocycles. The van der Waals surface area contributed by atoms with Gasteiger partial charge in [0.15, 0.2) is 0 Å². The number of carbonyl (C=O) groups is 2. The highest BCUT2D eigenvalue weighted by Gasteiger charge is 2.14. The standard InChI is InChI=1S/C13H17NO4/c1-9(15)14-11(8-13(16)17)7-10-3-5-12(18-2)6-4-10/h3-6,11H,7-8H2,1-2H3,(H,14,15)(H,16,17)/t11-/m0/s1. The Morgan fingerprint density at radius 3 is 2.39 bits per heavy atom. The minimum Gasteiger partial charge on any atom is -0.497 e. The monoisotopic (exact) mass is 251 g/mol. The molecular formula is C13H17NO4. The fourth-order valence-corrected chi connectivity index (χ4v) is 1.72. The van der Waals surface area contributed by atoms with Crippen LogP contribution in [0.5, 0.6) is 5.75 Å². The molecule has 0 aliphatic heterocycles. The maximum absolute atomic E-state index is 11.0. The van der Waals surface area contributed by atoms with E-state index in [0.29, 0.717) is 6.42 Å². The lowest BCUT2D eigenvalue weighted by Crippen LogP contribution is -2.36. The zero-order valence-electron chi connectivity index (χ0n) is 10.5. The lowest BCUT2D eigenvalue weighted by atomic mass is 10.0. The number of hydrogen-bond acceptors (Lipinski definition) is 3. The van der Waals surface area contributed by atoms with Gasteiger partial charge in [-0.15, -0.1) is 0 Å². The van der Waals surface area contributed by atoms with Gasteiger partial charge in [-0.25, -0.2) is 0 Å². The highest BCUT2D eigenvalue weighted by atomic mass is 16.5. The molecule has 0 aliphatic carbocycles. The summed E-state index contributed by atoms with van der Waals surface area (Å²) in [7, 11) is 1.58. The van der Waals surface area contributed by atoms with Gasteiger partial charge < -0.3 is 15.2 Å². The maximum Gasteiger partial charge on any atom is 0.305 e. The summed E-state index contributed by atoms with van der Waals surface area (Å²) in [6.07, 6.45) is 0.390. The average Bonchev–Trinajstić information content (AvgIpc) is 2.28. The van der Waals surface area contributed by atoms with Crippen LogP contribution in [0.2, 0.25) is 0 Å². The van der Waals surface area contributed by atoms with Crippen molar-refractivity contribution in [3.8, 4) is 5.75 Å². The third-order valence-electron chi connectivity index (χ3n) is 2.47. The zero-order valence-corrected chi connectivity index (χ0v) is 10.5. The van der Waals surface area contributed by atoms with Crippen molar-refractivity contribution in [2.45, 2.75) is 25.8 Å². The number of rotatable bonds is 6. The van der Waals surface area contributed by atoms with Gasteiger partial charge in [-0.05, 0) is 24.1 Å². The molecule has 5 nitrogen and oxygen atoms in total. The minimum atomic E-state index is -0.928. The van der Waals surface area contributed by atoms with E-state index in [1.54, 1.807) is 19.2 Å². The number of carbonyl (C=O) groups excluding carboxylic acids is 1. The number of methoxy groups -OCH3 is 1. The van der Waals surface area contributed by atoms with E-state index < -0.39 is 12.0 Å². The first-order chi connectivity index (χ1) is 8.51. The molecule has 1 aromatic carbocycles. The Kier molecular flexibility index (Phi) is 5.17. The van der Waals surface area contributed by atoms with Crippen LogP contribution >= 0.6 is 0 Å². The predicted molar refractivity (Wildman–Crippen MR) is 66.6 cm³/mol. The highest BCUT2D eigenvalue weighted by molar-refractivity contribution is 5.75. The van der Waals surface area contributed by atoms with Gasteiger partial charge in [0.2, 0.25) is 5.91 Å². The van der Waals surface area contributed by atoms with Gasteiger partial charge in [-0.3, -0.25) is 9.59 Å². The molecule has 98 valence electrons. The third-order valence-corrected chi connectivity index (χ3v) is 2.47. The zero-order chi connectivity index (χ0) is 13.5. The number of carboxylic acid groups (broad SMARTS) is 1. The van der Waals surface area contributed by atoms with Gasteiger partial charge in [0.05, 0.1) is 13.5 Å². The van der Waals surface area contributed by atoms with Gasteiger partial charge in [0, 0.05) is 13.0 Å². The number of benzene rings is 1. The summed E-state index contributed by atoms with van der Waals surface area (Å²) in [4.78, 5) is 21.7. The summed E-state index contributed by atoms with van der Waals surface area (Å²) in [6.45, 7) is 1.38. The summed E-state index contributed by atoms with van der Waals surface area (Å²) >= 11 is 0. The SMILES string of the molecule is COc1ccc(C[C@@H](CC(=O)O)NC(C)=O)cc1. The Labute approximate surface area is 106 Å². The number of amides is 1. The van der Waals surface area contributed by atoms with Crippen molar-refractivity contribution in [3.63, 3.8) is 0 Å². The Balaban J connectivity index is 2.68. The molecule has 1 amide bonds. The fraction of sp³-hybridized carbons (Fsp3) is 0.385. The maximum atomic E-state index is 11.0. The van der Waals surface area contributed by atoms with Crippen LogP contribution in [0.1, 0.15) is 18.9 Å². The Morgan fingerprint density at radius 1 is 1.33 bits per heavy atom. The highest BCUT2D eigenvalue weighted by Crippen LogP contribution is 2.13. The quantitative estimate of drug-likeness (QED) is 0.797. The van der Waals surface area contributed by atoms with Crippen LogP contribution in [0.25, 0.3) is 0 Å². The predicted octanol–water partition coefficient (Wildman–Crippen LogP) is 1.22. The molecule has 0 saturated carbocycles. The van der Waals surface area contributed by atoms with E-state index in [1.165, 1.54) is 6.92 Å². The van der Waals surface area contributed by atoms with Crippen molar-refractivity contribution >= 4 is 11.9 Å². The van der Waals surface area contributed by atoms with E-state index in [2.05, 4.69) is 5.32 Å². The van der Waals surface area contributed by atoms with Crippen LogP contribution in [0.15, 0.2) is 24.3 Å². The molecule has 1 aromatic rings. The van der Waals surface area contributed by atoms with Crippen molar-refractivity contribution in [3.05, 3.63) is 29.8 Å². The third kappa shape index (κ3) is 4.86. The van der Waals surface area contributed by atoms with Crippen LogP contribution < -0.4 is 10.1 Å². The van der Waals surface area contributed by atoms with E-state index in [4.69, 9.17) is 9.84 Å². The van der Waals surface area contributed by atoms with Crippen molar-refractivity contribution < 1.29 is 19.4 Å². The first-order valence-corrected chi connectivity index (χ1v) is 5.63. The van der Waals surface area contributed by atoms with E-state index in [1.807, 2.05) is 12.1 Å². The van der Waals surface area contributed by atoms with Crippen LogP contribution in [0.3, 0.4) is 0 Å². The summed E-state index contributed by atoms with van der Waals surface area (Å²) in [6, 6.07) is 6.93. The molecule has 0 aliphatic rings. The summed E-state index contributed by atoms with van der Waals surface area (Å²) in [5.74, 6) is -0.412. The van der Waals surface area contributed by atoms with Crippen LogP contribution in [-0.2, 0) is 16.0 Å². The topological polar surface area (TPSA) is 75.6 Å². The fourth-order valence-electron chi connectivity index (χ4n) is 1.72. The molecule has 1 atom stereocenters. The minimum absolute atomic E-state index is 0.0917. The largest absolute Gasteiger partial charge is 0.497 e. The van der Waals surface area contributed by atoms with E-state index in [9.17, 15) is 9.59 Å². The Morgan fingerprint density at radius 2 is 1.94 bits per heavy atom. The second-order valence-electron chi connectivity index (χ2n) is 4.05. The molecule has 0 bridgehead atoms. The molecule has 18 heavy (non-hydrogen) atoms. The Bertz CT molecular complexity index is 398. The number of ether oxygens (including phenoxy) is 1. The van der Waals surface area contributed by atoms with E-state index >= 15 is 0 Å². The van der Waals surface area contributed by atoms with Gasteiger partial charge >= 0.3 is 5.97 Å². The van der Waals surface area contributed by atoms with Crippen LogP contribution in [-0.4, -0.2) is 30.1 Å². The Hall–Kier alpha value is -2.04. The average molecular weight is 251 g/mol. The summed E-state index contributed by atoms with van der Waals surface area (Å²) in [5, 5.41) is 11.4. The first kappa shape index (κ1) is 14.0. The van der Waals surface area contributed by atoms with Crippen LogP contribution in [0, 0.1) is 0 Å². The van der Waals surface area contributed by atoms with Gasteiger partial charge in [0.25, 0.3) is 0 Å². The molecule has 0 spiro atoms. The number of carboxylic acids is 1. The number of hydrogen-bond donors (Lipinski definition) is 2. The molecule has 1 rings (SSSR count). The molecular weight excluding hydrogens is 234 g/mol. The second kappa shape index (κ2) is 6.64. The van der Waals surface area contributed by atoms with Gasteiger partial charge in [-0.1, -0.05) is 12.1 Å².